The predicted molar refractivity (Wildman–Crippen MR) is 97.8 cm³/mol. The largest absolute Gasteiger partial charge is 0.573 e. The van der Waals surface area contributed by atoms with Crippen molar-refractivity contribution in [1.82, 2.24) is 9.80 Å². The molecule has 1 spiro atoms. The minimum absolute atomic E-state index is 0.109. The van der Waals surface area contributed by atoms with Crippen molar-refractivity contribution in [3.05, 3.63) is 29.8 Å². The van der Waals surface area contributed by atoms with Crippen LogP contribution in [-0.2, 0) is 14.3 Å². The van der Waals surface area contributed by atoms with Gasteiger partial charge in [-0.25, -0.2) is 0 Å². The van der Waals surface area contributed by atoms with Crippen molar-refractivity contribution in [2.75, 3.05) is 46.0 Å². The highest BCUT2D eigenvalue weighted by molar-refractivity contribution is 5.95. The highest BCUT2D eigenvalue weighted by Gasteiger charge is 2.51. The van der Waals surface area contributed by atoms with Crippen LogP contribution in [-0.4, -0.2) is 79.6 Å². The van der Waals surface area contributed by atoms with Crippen LogP contribution in [0.1, 0.15) is 23.2 Å². The van der Waals surface area contributed by atoms with Gasteiger partial charge in [-0.3, -0.25) is 9.59 Å². The van der Waals surface area contributed by atoms with E-state index in [4.69, 9.17) is 9.47 Å². The van der Waals surface area contributed by atoms with Crippen LogP contribution in [0.5, 0.6) is 5.75 Å². The van der Waals surface area contributed by atoms with Crippen molar-refractivity contribution in [3.8, 4) is 5.75 Å². The van der Waals surface area contributed by atoms with Gasteiger partial charge in [0, 0.05) is 25.1 Å². The molecule has 1 aromatic carbocycles. The molecular weight excluding hydrogens is 405 g/mol. The lowest BCUT2D eigenvalue weighted by Gasteiger charge is -2.47. The molecule has 0 saturated carbocycles. The summed E-state index contributed by atoms with van der Waals surface area (Å²) < 4.78 is 51.7. The number of carbonyl (C=O) groups excluding carboxylic acids is 2. The molecule has 164 valence electrons. The summed E-state index contributed by atoms with van der Waals surface area (Å²) in [6.45, 7) is 3.68. The van der Waals surface area contributed by atoms with Gasteiger partial charge in [-0.15, -0.1) is 13.2 Å². The first-order valence-corrected chi connectivity index (χ1v) is 9.88. The van der Waals surface area contributed by atoms with Gasteiger partial charge in [0.05, 0.1) is 32.9 Å². The van der Waals surface area contributed by atoms with Crippen molar-refractivity contribution in [3.63, 3.8) is 0 Å². The standard InChI is InChI=1S/C20H23F3N2O5/c21-20(22,23)30-16-3-1-15(2-4-16)18(27)25-12-19(13-25)10-14(11-29-19)9-17(26)24-5-7-28-8-6-24/h1-4,14H,5-13H2. The van der Waals surface area contributed by atoms with E-state index in [1.54, 1.807) is 4.90 Å². The van der Waals surface area contributed by atoms with Gasteiger partial charge in [0.15, 0.2) is 0 Å². The molecule has 0 bridgehead atoms. The van der Waals surface area contributed by atoms with E-state index < -0.39 is 12.0 Å². The van der Waals surface area contributed by atoms with Crippen LogP contribution in [0.2, 0.25) is 0 Å². The van der Waals surface area contributed by atoms with Crippen LogP contribution in [0.15, 0.2) is 24.3 Å². The van der Waals surface area contributed by atoms with Crippen molar-refractivity contribution in [1.29, 1.82) is 0 Å². The number of hydrogen-bond donors (Lipinski definition) is 0. The number of hydrogen-bond acceptors (Lipinski definition) is 5. The molecule has 3 heterocycles. The second-order valence-electron chi connectivity index (χ2n) is 7.99. The van der Waals surface area contributed by atoms with Gasteiger partial charge in [-0.1, -0.05) is 0 Å². The minimum atomic E-state index is -4.77. The van der Waals surface area contributed by atoms with Gasteiger partial charge in [-0.05, 0) is 36.6 Å². The second kappa shape index (κ2) is 8.07. The molecule has 3 saturated heterocycles. The Morgan fingerprint density at radius 2 is 1.77 bits per heavy atom. The van der Waals surface area contributed by atoms with Crippen molar-refractivity contribution < 1.29 is 37.0 Å². The molecule has 0 radical (unpaired) electrons. The zero-order chi connectivity index (χ0) is 21.4. The van der Waals surface area contributed by atoms with Crippen molar-refractivity contribution in [2.24, 2.45) is 5.92 Å². The third kappa shape index (κ3) is 4.70. The van der Waals surface area contributed by atoms with Gasteiger partial charge >= 0.3 is 6.36 Å². The Morgan fingerprint density at radius 1 is 1.10 bits per heavy atom. The molecule has 2 amide bonds. The Morgan fingerprint density at radius 3 is 2.40 bits per heavy atom. The first-order valence-electron chi connectivity index (χ1n) is 9.88. The SMILES string of the molecule is O=C(CC1COC2(C1)CN(C(=O)c1ccc(OC(F)(F)F)cc1)C2)N1CCOCC1. The minimum Gasteiger partial charge on any atom is -0.406 e. The molecule has 1 unspecified atom stereocenters. The zero-order valence-electron chi connectivity index (χ0n) is 16.3. The van der Waals surface area contributed by atoms with Gasteiger partial charge in [0.25, 0.3) is 5.91 Å². The monoisotopic (exact) mass is 428 g/mol. The fourth-order valence-electron chi connectivity index (χ4n) is 4.25. The van der Waals surface area contributed by atoms with Crippen LogP contribution in [0.4, 0.5) is 13.2 Å². The predicted octanol–water partition coefficient (Wildman–Crippen LogP) is 2.07. The van der Waals surface area contributed by atoms with Crippen LogP contribution >= 0.6 is 0 Å². The van der Waals surface area contributed by atoms with Crippen LogP contribution in [0.25, 0.3) is 0 Å². The molecule has 3 aliphatic heterocycles. The summed E-state index contributed by atoms with van der Waals surface area (Å²) >= 11 is 0. The Hall–Kier alpha value is -2.33. The third-order valence-corrected chi connectivity index (χ3v) is 5.69. The summed E-state index contributed by atoms with van der Waals surface area (Å²) in [5.41, 5.74) is -0.137. The molecule has 10 heteroatoms. The number of halogens is 3. The lowest BCUT2D eigenvalue weighted by atomic mass is 9.85. The summed E-state index contributed by atoms with van der Waals surface area (Å²) in [4.78, 5) is 28.4. The summed E-state index contributed by atoms with van der Waals surface area (Å²) in [5.74, 6) is -0.407. The molecule has 3 aliphatic rings. The Balaban J connectivity index is 1.26. The van der Waals surface area contributed by atoms with E-state index in [-0.39, 0.29) is 29.0 Å². The van der Waals surface area contributed by atoms with E-state index in [9.17, 15) is 22.8 Å². The van der Waals surface area contributed by atoms with Crippen LogP contribution in [0.3, 0.4) is 0 Å². The molecule has 1 aromatic rings. The van der Waals surface area contributed by atoms with E-state index in [1.165, 1.54) is 12.1 Å². The van der Waals surface area contributed by atoms with Gasteiger partial charge < -0.3 is 24.0 Å². The van der Waals surface area contributed by atoms with E-state index in [0.717, 1.165) is 12.1 Å². The van der Waals surface area contributed by atoms with Gasteiger partial charge in [-0.2, -0.15) is 0 Å². The summed E-state index contributed by atoms with van der Waals surface area (Å²) in [6.07, 6.45) is -3.63. The number of ether oxygens (including phenoxy) is 3. The normalized spacial score (nSPS) is 23.4. The van der Waals surface area contributed by atoms with Gasteiger partial charge in [0.1, 0.15) is 11.4 Å². The highest BCUT2D eigenvalue weighted by atomic mass is 19.4. The smallest absolute Gasteiger partial charge is 0.406 e. The molecule has 4 rings (SSSR count). The number of morpholine rings is 1. The lowest BCUT2D eigenvalue weighted by molar-refractivity contribution is -0.274. The fraction of sp³-hybridized carbons (Fsp3) is 0.600. The molecule has 30 heavy (non-hydrogen) atoms. The van der Waals surface area contributed by atoms with E-state index in [0.29, 0.717) is 58.8 Å². The van der Waals surface area contributed by atoms with Crippen LogP contribution in [0, 0.1) is 5.92 Å². The Kier molecular flexibility index (Phi) is 5.63. The first-order chi connectivity index (χ1) is 14.2. The molecular formula is C20H23F3N2O5. The van der Waals surface area contributed by atoms with E-state index >= 15 is 0 Å². The number of amides is 2. The first kappa shape index (κ1) is 20.9. The van der Waals surface area contributed by atoms with Crippen LogP contribution < -0.4 is 4.74 Å². The van der Waals surface area contributed by atoms with Crippen molar-refractivity contribution >= 4 is 11.8 Å². The summed E-state index contributed by atoms with van der Waals surface area (Å²) in [6, 6.07) is 4.87. The number of carbonyl (C=O) groups is 2. The molecule has 1 atom stereocenters. The molecule has 0 aromatic heterocycles. The Labute approximate surface area is 171 Å². The average molecular weight is 428 g/mol. The Bertz CT molecular complexity index is 787. The average Bonchev–Trinajstić information content (AvgIpc) is 3.10. The molecule has 3 fully saturated rings. The number of likely N-dealkylation sites (tertiary alicyclic amines) is 1. The maximum absolute atomic E-state index is 12.6. The molecule has 0 N–H and O–H groups in total. The van der Waals surface area contributed by atoms with Gasteiger partial charge in [0.2, 0.25) is 5.91 Å². The number of nitrogens with zero attached hydrogens (tertiary/aromatic N) is 2. The molecule has 7 nitrogen and oxygen atoms in total. The maximum Gasteiger partial charge on any atom is 0.573 e. The topological polar surface area (TPSA) is 68.3 Å². The third-order valence-electron chi connectivity index (χ3n) is 5.69. The number of benzene rings is 1. The molecule has 0 aliphatic carbocycles. The zero-order valence-corrected chi connectivity index (χ0v) is 16.3. The van der Waals surface area contributed by atoms with E-state index in [2.05, 4.69) is 4.74 Å². The highest BCUT2D eigenvalue weighted by Crippen LogP contribution is 2.40. The fourth-order valence-corrected chi connectivity index (χ4v) is 4.25. The summed E-state index contributed by atoms with van der Waals surface area (Å²) in [5, 5.41) is 0. The second-order valence-corrected chi connectivity index (χ2v) is 7.99. The quantitative estimate of drug-likeness (QED) is 0.735. The van der Waals surface area contributed by atoms with E-state index in [1.807, 2.05) is 4.90 Å². The maximum atomic E-state index is 12.6. The number of alkyl halides is 3. The van der Waals surface area contributed by atoms with Crippen molar-refractivity contribution in [2.45, 2.75) is 24.8 Å². The summed E-state index contributed by atoms with van der Waals surface area (Å²) in [7, 11) is 0. The number of rotatable bonds is 4. The lowest BCUT2D eigenvalue weighted by Crippen LogP contribution is -2.63.